The van der Waals surface area contributed by atoms with E-state index in [1.807, 2.05) is 36.7 Å². The number of pyridine rings is 1. The number of carbonyl (C=O) groups is 1. The number of hydrogen-bond donors (Lipinski definition) is 2. The molecule has 3 heterocycles. The highest BCUT2D eigenvalue weighted by molar-refractivity contribution is 5.94. The van der Waals surface area contributed by atoms with Crippen molar-refractivity contribution in [1.29, 1.82) is 0 Å². The van der Waals surface area contributed by atoms with Gasteiger partial charge in [-0.2, -0.15) is 0 Å². The van der Waals surface area contributed by atoms with Crippen LogP contribution in [-0.4, -0.2) is 54.1 Å². The van der Waals surface area contributed by atoms with Crippen molar-refractivity contribution in [2.75, 3.05) is 26.2 Å². The van der Waals surface area contributed by atoms with E-state index in [9.17, 15) is 4.79 Å². The normalized spacial score (nSPS) is 20.8. The zero-order chi connectivity index (χ0) is 19.2. The van der Waals surface area contributed by atoms with Gasteiger partial charge in [-0.15, -0.1) is 0 Å². The van der Waals surface area contributed by atoms with Crippen molar-refractivity contribution >= 4 is 5.91 Å². The monoisotopic (exact) mass is 380 g/mol. The number of benzene rings is 1. The SMILES string of the molecule is O=C(N[C@H]1CCNC1)c1cccc(OC2CCN(Cc3ccncc3)CC2)c1. The van der Waals surface area contributed by atoms with Gasteiger partial charge in [-0.1, -0.05) is 6.07 Å². The third kappa shape index (κ3) is 5.09. The maximum atomic E-state index is 12.5. The smallest absolute Gasteiger partial charge is 0.251 e. The molecule has 148 valence electrons. The van der Waals surface area contributed by atoms with E-state index in [0.717, 1.165) is 57.7 Å². The van der Waals surface area contributed by atoms with Crippen LogP contribution in [0.1, 0.15) is 35.2 Å². The lowest BCUT2D eigenvalue weighted by atomic mass is 10.1. The first-order valence-corrected chi connectivity index (χ1v) is 10.2. The highest BCUT2D eigenvalue weighted by Crippen LogP contribution is 2.21. The number of carbonyl (C=O) groups excluding carboxylic acids is 1. The quantitative estimate of drug-likeness (QED) is 0.804. The lowest BCUT2D eigenvalue weighted by molar-refractivity contribution is 0.0927. The fourth-order valence-corrected chi connectivity index (χ4v) is 3.88. The molecular formula is C22H28N4O2. The minimum Gasteiger partial charge on any atom is -0.490 e. The predicted molar refractivity (Wildman–Crippen MR) is 108 cm³/mol. The average Bonchev–Trinajstić information content (AvgIpc) is 3.23. The van der Waals surface area contributed by atoms with Gasteiger partial charge >= 0.3 is 0 Å². The number of likely N-dealkylation sites (tertiary alicyclic amines) is 1. The van der Waals surface area contributed by atoms with Gasteiger partial charge in [0.05, 0.1) is 0 Å². The zero-order valence-electron chi connectivity index (χ0n) is 16.1. The molecule has 28 heavy (non-hydrogen) atoms. The van der Waals surface area contributed by atoms with E-state index in [-0.39, 0.29) is 18.1 Å². The number of piperidine rings is 1. The van der Waals surface area contributed by atoms with Gasteiger partial charge in [-0.25, -0.2) is 0 Å². The summed E-state index contributed by atoms with van der Waals surface area (Å²) in [4.78, 5) is 19.0. The Bertz CT molecular complexity index is 769. The second kappa shape index (κ2) is 9.17. The Hall–Kier alpha value is -2.44. The third-order valence-corrected chi connectivity index (χ3v) is 5.48. The van der Waals surface area contributed by atoms with E-state index in [0.29, 0.717) is 5.56 Å². The molecule has 0 radical (unpaired) electrons. The van der Waals surface area contributed by atoms with Crippen LogP contribution in [0.3, 0.4) is 0 Å². The number of rotatable bonds is 6. The Balaban J connectivity index is 1.27. The van der Waals surface area contributed by atoms with E-state index >= 15 is 0 Å². The summed E-state index contributed by atoms with van der Waals surface area (Å²) in [5.74, 6) is 0.760. The number of nitrogens with zero attached hydrogens (tertiary/aromatic N) is 2. The molecular weight excluding hydrogens is 352 g/mol. The molecule has 0 bridgehead atoms. The van der Waals surface area contributed by atoms with Crippen molar-refractivity contribution in [3.8, 4) is 5.75 Å². The van der Waals surface area contributed by atoms with Gasteiger partial charge in [0, 0.05) is 50.2 Å². The molecule has 0 unspecified atom stereocenters. The summed E-state index contributed by atoms with van der Waals surface area (Å²) in [6.07, 6.45) is 6.87. The molecule has 2 saturated heterocycles. The molecule has 2 aliphatic heterocycles. The van der Waals surface area contributed by atoms with Gasteiger partial charge in [0.15, 0.2) is 0 Å². The Morgan fingerprint density at radius 3 is 2.75 bits per heavy atom. The minimum absolute atomic E-state index is 0.0219. The number of nitrogens with one attached hydrogen (secondary N) is 2. The first-order valence-electron chi connectivity index (χ1n) is 10.2. The molecule has 6 heteroatoms. The average molecular weight is 380 g/mol. The Labute approximate surface area is 166 Å². The molecule has 2 aromatic rings. The number of amides is 1. The van der Waals surface area contributed by atoms with Crippen LogP contribution in [0.15, 0.2) is 48.8 Å². The molecule has 0 saturated carbocycles. The van der Waals surface area contributed by atoms with Crippen LogP contribution in [0.25, 0.3) is 0 Å². The van der Waals surface area contributed by atoms with Crippen molar-refractivity contribution < 1.29 is 9.53 Å². The molecule has 0 spiro atoms. The van der Waals surface area contributed by atoms with Crippen molar-refractivity contribution in [3.05, 3.63) is 59.9 Å². The maximum Gasteiger partial charge on any atom is 0.251 e. The molecule has 1 atom stereocenters. The molecule has 1 aromatic heterocycles. The first-order chi connectivity index (χ1) is 13.8. The second-order valence-electron chi connectivity index (χ2n) is 7.64. The number of ether oxygens (including phenoxy) is 1. The molecule has 2 N–H and O–H groups in total. The fraction of sp³-hybridized carbons (Fsp3) is 0.455. The maximum absolute atomic E-state index is 12.5. The fourth-order valence-electron chi connectivity index (χ4n) is 3.88. The molecule has 2 aliphatic rings. The van der Waals surface area contributed by atoms with E-state index in [1.165, 1.54) is 5.56 Å². The lowest BCUT2D eigenvalue weighted by Gasteiger charge is -2.32. The van der Waals surface area contributed by atoms with Gasteiger partial charge in [0.1, 0.15) is 11.9 Å². The van der Waals surface area contributed by atoms with Crippen LogP contribution in [-0.2, 0) is 6.54 Å². The molecule has 2 fully saturated rings. The molecule has 1 aromatic carbocycles. The van der Waals surface area contributed by atoms with Crippen LogP contribution in [0, 0.1) is 0 Å². The zero-order valence-corrected chi connectivity index (χ0v) is 16.1. The molecule has 4 rings (SSSR count). The van der Waals surface area contributed by atoms with Crippen molar-refractivity contribution in [2.24, 2.45) is 0 Å². The molecule has 1 amide bonds. The van der Waals surface area contributed by atoms with Gasteiger partial charge in [-0.05, 0) is 61.7 Å². The van der Waals surface area contributed by atoms with Gasteiger partial charge in [0.2, 0.25) is 0 Å². The van der Waals surface area contributed by atoms with Crippen molar-refractivity contribution in [1.82, 2.24) is 20.5 Å². The minimum atomic E-state index is -0.0219. The summed E-state index contributed by atoms with van der Waals surface area (Å²) < 4.78 is 6.19. The first kappa shape index (κ1) is 18.9. The van der Waals surface area contributed by atoms with E-state index in [2.05, 4.69) is 32.7 Å². The van der Waals surface area contributed by atoms with Gasteiger partial charge < -0.3 is 15.4 Å². The van der Waals surface area contributed by atoms with Crippen LogP contribution in [0.2, 0.25) is 0 Å². The van der Waals surface area contributed by atoms with E-state index < -0.39 is 0 Å². The summed E-state index contributed by atoms with van der Waals surface area (Å²) >= 11 is 0. The van der Waals surface area contributed by atoms with E-state index in [1.54, 1.807) is 0 Å². The Morgan fingerprint density at radius 1 is 1.18 bits per heavy atom. The predicted octanol–water partition coefficient (Wildman–Crippen LogP) is 2.22. The van der Waals surface area contributed by atoms with Crippen molar-refractivity contribution in [2.45, 2.75) is 38.0 Å². The number of hydrogen-bond acceptors (Lipinski definition) is 5. The third-order valence-electron chi connectivity index (χ3n) is 5.48. The largest absolute Gasteiger partial charge is 0.490 e. The van der Waals surface area contributed by atoms with Crippen molar-refractivity contribution in [3.63, 3.8) is 0 Å². The van der Waals surface area contributed by atoms with E-state index in [4.69, 9.17) is 4.74 Å². The summed E-state index contributed by atoms with van der Waals surface area (Å²) in [7, 11) is 0. The summed E-state index contributed by atoms with van der Waals surface area (Å²) in [6.45, 7) is 4.80. The van der Waals surface area contributed by atoms with Crippen LogP contribution < -0.4 is 15.4 Å². The van der Waals surface area contributed by atoms with Gasteiger partial charge in [-0.3, -0.25) is 14.7 Å². The summed E-state index contributed by atoms with van der Waals surface area (Å²) in [5.41, 5.74) is 1.96. The second-order valence-corrected chi connectivity index (χ2v) is 7.64. The van der Waals surface area contributed by atoms with Crippen LogP contribution >= 0.6 is 0 Å². The highest BCUT2D eigenvalue weighted by Gasteiger charge is 2.21. The van der Waals surface area contributed by atoms with Crippen LogP contribution in [0.4, 0.5) is 0 Å². The topological polar surface area (TPSA) is 66.5 Å². The Kier molecular flexibility index (Phi) is 6.19. The summed E-state index contributed by atoms with van der Waals surface area (Å²) in [6, 6.07) is 11.9. The Morgan fingerprint density at radius 2 is 2.00 bits per heavy atom. The highest BCUT2D eigenvalue weighted by atomic mass is 16.5. The molecule has 6 nitrogen and oxygen atoms in total. The number of aromatic nitrogens is 1. The lowest BCUT2D eigenvalue weighted by Crippen LogP contribution is -2.38. The molecule has 0 aliphatic carbocycles. The van der Waals surface area contributed by atoms with Crippen LogP contribution in [0.5, 0.6) is 5.75 Å². The standard InChI is InChI=1S/C22H28N4O2/c27-22(25-19-6-11-24-15-19)18-2-1-3-21(14-18)28-20-7-12-26(13-8-20)16-17-4-9-23-10-5-17/h1-5,9-10,14,19-20,24H,6-8,11-13,15-16H2,(H,25,27)/t19-/m0/s1. The van der Waals surface area contributed by atoms with Gasteiger partial charge in [0.25, 0.3) is 5.91 Å². The summed E-state index contributed by atoms with van der Waals surface area (Å²) in [5, 5.41) is 6.35.